The number of nitrogens with zero attached hydrogens (tertiary/aromatic N) is 3. The topological polar surface area (TPSA) is 76.3 Å². The van der Waals surface area contributed by atoms with Crippen molar-refractivity contribution < 1.29 is 26.1 Å². The smallest absolute Gasteiger partial charge is 0.243 e. The van der Waals surface area contributed by atoms with E-state index in [1.165, 1.54) is 10.4 Å². The predicted molar refractivity (Wildman–Crippen MR) is 101 cm³/mol. The zero-order chi connectivity index (χ0) is 21.3. The summed E-state index contributed by atoms with van der Waals surface area (Å²) >= 11 is 0. The standard InChI is InChI=1S/C20H18F3N3O3S/c21-16-6-2-1-5-15(16)20-24-19(29-25-20)10-13-4-3-9-26(12-13)30(27,28)14-7-8-17(22)18(23)11-14/h1-2,5-8,11,13H,3-4,9-10,12H2. The number of rotatable bonds is 5. The molecule has 0 bridgehead atoms. The number of halogens is 3. The number of aromatic nitrogens is 2. The lowest BCUT2D eigenvalue weighted by molar-refractivity contribution is 0.247. The van der Waals surface area contributed by atoms with Gasteiger partial charge in [0.1, 0.15) is 5.82 Å². The zero-order valence-electron chi connectivity index (χ0n) is 15.8. The van der Waals surface area contributed by atoms with Gasteiger partial charge in [-0.25, -0.2) is 21.6 Å². The van der Waals surface area contributed by atoms with Crippen LogP contribution in [-0.2, 0) is 16.4 Å². The SMILES string of the molecule is O=S(=O)(c1ccc(F)c(F)c1)N1CCCC(Cc2nc(-c3ccccc3F)no2)C1. The molecule has 0 saturated carbocycles. The molecule has 1 aliphatic rings. The lowest BCUT2D eigenvalue weighted by Crippen LogP contribution is -2.40. The third-order valence-corrected chi connectivity index (χ3v) is 6.92. The van der Waals surface area contributed by atoms with Crippen molar-refractivity contribution in [2.45, 2.75) is 24.2 Å². The van der Waals surface area contributed by atoms with Crippen molar-refractivity contribution in [2.24, 2.45) is 5.92 Å². The van der Waals surface area contributed by atoms with Gasteiger partial charge >= 0.3 is 0 Å². The van der Waals surface area contributed by atoms with Gasteiger partial charge < -0.3 is 4.52 Å². The highest BCUT2D eigenvalue weighted by molar-refractivity contribution is 7.89. The summed E-state index contributed by atoms with van der Waals surface area (Å²) in [5.74, 6) is -2.47. The van der Waals surface area contributed by atoms with Crippen molar-refractivity contribution in [3.05, 3.63) is 65.8 Å². The van der Waals surface area contributed by atoms with Crippen LogP contribution in [0.4, 0.5) is 13.2 Å². The molecule has 10 heteroatoms. The molecule has 3 aromatic rings. The molecule has 4 rings (SSSR count). The first-order valence-electron chi connectivity index (χ1n) is 9.37. The number of piperidine rings is 1. The largest absolute Gasteiger partial charge is 0.339 e. The van der Waals surface area contributed by atoms with Gasteiger partial charge in [0, 0.05) is 19.5 Å². The minimum absolute atomic E-state index is 0.104. The van der Waals surface area contributed by atoms with Crippen molar-refractivity contribution in [3.8, 4) is 11.4 Å². The van der Waals surface area contributed by atoms with Crippen LogP contribution in [0.3, 0.4) is 0 Å². The average molecular weight is 437 g/mol. The fourth-order valence-electron chi connectivity index (χ4n) is 3.53. The van der Waals surface area contributed by atoms with E-state index < -0.39 is 27.5 Å². The van der Waals surface area contributed by atoms with Gasteiger partial charge in [-0.1, -0.05) is 17.3 Å². The third kappa shape index (κ3) is 4.10. The molecule has 1 aliphatic heterocycles. The van der Waals surface area contributed by atoms with Crippen molar-refractivity contribution >= 4 is 10.0 Å². The summed E-state index contributed by atoms with van der Waals surface area (Å²) in [6.07, 6.45) is 1.66. The Hall–Kier alpha value is -2.72. The molecular weight excluding hydrogens is 419 g/mol. The molecule has 0 aliphatic carbocycles. The van der Waals surface area contributed by atoms with Crippen LogP contribution < -0.4 is 0 Å². The second-order valence-electron chi connectivity index (χ2n) is 7.14. The van der Waals surface area contributed by atoms with Gasteiger partial charge in [-0.05, 0) is 49.1 Å². The quantitative estimate of drug-likeness (QED) is 0.607. The Kier molecular flexibility index (Phi) is 5.61. The molecule has 0 amide bonds. The van der Waals surface area contributed by atoms with E-state index in [0.29, 0.717) is 18.9 Å². The highest BCUT2D eigenvalue weighted by atomic mass is 32.2. The van der Waals surface area contributed by atoms with Gasteiger partial charge in [-0.2, -0.15) is 9.29 Å². The van der Waals surface area contributed by atoms with E-state index in [2.05, 4.69) is 10.1 Å². The summed E-state index contributed by atoms with van der Waals surface area (Å²) in [5, 5.41) is 3.81. The molecule has 1 atom stereocenters. The molecule has 2 heterocycles. The first-order chi connectivity index (χ1) is 14.3. The molecule has 0 radical (unpaired) electrons. The van der Waals surface area contributed by atoms with Crippen molar-refractivity contribution in [1.82, 2.24) is 14.4 Å². The van der Waals surface area contributed by atoms with Gasteiger partial charge in [-0.15, -0.1) is 0 Å². The molecule has 1 aromatic heterocycles. The number of hydrogen-bond donors (Lipinski definition) is 0. The minimum Gasteiger partial charge on any atom is -0.339 e. The maximum Gasteiger partial charge on any atom is 0.243 e. The highest BCUT2D eigenvalue weighted by Crippen LogP contribution is 2.27. The molecule has 1 fully saturated rings. The van der Waals surface area contributed by atoms with Gasteiger partial charge in [0.05, 0.1) is 10.5 Å². The Labute approximate surface area is 171 Å². The van der Waals surface area contributed by atoms with Crippen LogP contribution in [0, 0.1) is 23.4 Å². The molecule has 0 N–H and O–H groups in total. The normalized spacial score (nSPS) is 17.9. The summed E-state index contributed by atoms with van der Waals surface area (Å²) in [7, 11) is -3.96. The van der Waals surface area contributed by atoms with E-state index in [1.807, 2.05) is 0 Å². The van der Waals surface area contributed by atoms with Crippen LogP contribution in [0.2, 0.25) is 0 Å². The summed E-state index contributed by atoms with van der Waals surface area (Å²) in [6.45, 7) is 0.459. The number of benzene rings is 2. The average Bonchev–Trinajstić information content (AvgIpc) is 3.18. The molecule has 1 saturated heterocycles. The van der Waals surface area contributed by atoms with Gasteiger partial charge in [0.25, 0.3) is 0 Å². The first-order valence-corrected chi connectivity index (χ1v) is 10.8. The van der Waals surface area contributed by atoms with Crippen LogP contribution in [0.15, 0.2) is 51.9 Å². The maximum absolute atomic E-state index is 13.9. The Morgan fingerprint density at radius 3 is 2.63 bits per heavy atom. The second kappa shape index (κ2) is 8.19. The lowest BCUT2D eigenvalue weighted by atomic mass is 9.96. The summed E-state index contributed by atoms with van der Waals surface area (Å²) < 4.78 is 72.7. The molecule has 158 valence electrons. The van der Waals surface area contributed by atoms with Crippen molar-refractivity contribution in [2.75, 3.05) is 13.1 Å². The third-order valence-electron chi connectivity index (χ3n) is 5.06. The van der Waals surface area contributed by atoms with Crippen molar-refractivity contribution in [1.29, 1.82) is 0 Å². The Balaban J connectivity index is 1.48. The predicted octanol–water partition coefficient (Wildman–Crippen LogP) is 3.80. The molecule has 30 heavy (non-hydrogen) atoms. The molecular formula is C20H18F3N3O3S. The number of sulfonamides is 1. The molecule has 2 aromatic carbocycles. The van der Waals surface area contributed by atoms with E-state index in [0.717, 1.165) is 18.6 Å². The lowest BCUT2D eigenvalue weighted by Gasteiger charge is -2.31. The van der Waals surface area contributed by atoms with Crippen LogP contribution in [0.25, 0.3) is 11.4 Å². The molecule has 1 unspecified atom stereocenters. The minimum atomic E-state index is -3.96. The van der Waals surface area contributed by atoms with E-state index >= 15 is 0 Å². The van der Waals surface area contributed by atoms with Gasteiger partial charge in [0.15, 0.2) is 11.6 Å². The monoisotopic (exact) mass is 437 g/mol. The highest BCUT2D eigenvalue weighted by Gasteiger charge is 2.31. The second-order valence-corrected chi connectivity index (χ2v) is 9.08. The number of hydrogen-bond acceptors (Lipinski definition) is 5. The summed E-state index contributed by atoms with van der Waals surface area (Å²) in [6, 6.07) is 8.60. The maximum atomic E-state index is 13.9. The Morgan fingerprint density at radius 2 is 1.87 bits per heavy atom. The fourth-order valence-corrected chi connectivity index (χ4v) is 5.10. The zero-order valence-corrected chi connectivity index (χ0v) is 16.6. The first kappa shape index (κ1) is 20.5. The van der Waals surface area contributed by atoms with E-state index in [1.54, 1.807) is 18.2 Å². The van der Waals surface area contributed by atoms with Gasteiger partial charge in [0.2, 0.25) is 21.7 Å². The van der Waals surface area contributed by atoms with Crippen LogP contribution in [-0.4, -0.2) is 36.0 Å². The van der Waals surface area contributed by atoms with Crippen LogP contribution >= 0.6 is 0 Å². The van der Waals surface area contributed by atoms with Crippen LogP contribution in [0.1, 0.15) is 18.7 Å². The summed E-state index contributed by atoms with van der Waals surface area (Å²) in [5.41, 5.74) is 0.221. The van der Waals surface area contributed by atoms with Gasteiger partial charge in [-0.3, -0.25) is 0 Å². The molecule has 0 spiro atoms. The Bertz CT molecular complexity index is 1170. The fraction of sp³-hybridized carbons (Fsp3) is 0.300. The van der Waals surface area contributed by atoms with Crippen LogP contribution in [0.5, 0.6) is 0 Å². The van der Waals surface area contributed by atoms with E-state index in [4.69, 9.17) is 4.52 Å². The van der Waals surface area contributed by atoms with E-state index in [-0.39, 0.29) is 41.2 Å². The van der Waals surface area contributed by atoms with Crippen molar-refractivity contribution in [3.63, 3.8) is 0 Å². The molecule has 6 nitrogen and oxygen atoms in total. The van der Waals surface area contributed by atoms with E-state index in [9.17, 15) is 21.6 Å². The summed E-state index contributed by atoms with van der Waals surface area (Å²) in [4.78, 5) is 3.93. The Morgan fingerprint density at radius 1 is 1.07 bits per heavy atom.